The Morgan fingerprint density at radius 1 is 1.03 bits per heavy atom. The van der Waals surface area contributed by atoms with E-state index in [1.54, 1.807) is 7.11 Å². The molecule has 0 bridgehead atoms. The summed E-state index contributed by atoms with van der Waals surface area (Å²) in [6, 6.07) is 16.9. The number of likely N-dealkylation sites (tertiary alicyclic amines) is 1. The van der Waals surface area contributed by atoms with Gasteiger partial charge < -0.3 is 14.2 Å². The standard InChI is InChI=1S/C30H43NO4/c1-4-5-6-7-8-16-30(32)35-28-22-26(31(2)23-28)19-20-34-29-15-10-9-13-25(29)18-17-24-12-11-14-27(21-24)33-3/h9-15,21,26,28H,4-8,16-20,22-23H2,1-3H3/t26-,28-/m1/s1. The van der Waals surface area contributed by atoms with E-state index >= 15 is 0 Å². The number of hydrogen-bond donors (Lipinski definition) is 0. The summed E-state index contributed by atoms with van der Waals surface area (Å²) in [5, 5.41) is 0. The molecule has 1 fully saturated rings. The molecule has 192 valence electrons. The number of esters is 1. The smallest absolute Gasteiger partial charge is 0.306 e. The lowest BCUT2D eigenvalue weighted by Gasteiger charge is -2.19. The van der Waals surface area contributed by atoms with E-state index in [0.717, 1.165) is 56.6 Å². The highest BCUT2D eigenvalue weighted by molar-refractivity contribution is 5.69. The van der Waals surface area contributed by atoms with Crippen molar-refractivity contribution in [2.45, 2.75) is 83.3 Å². The van der Waals surface area contributed by atoms with Crippen LogP contribution in [0.5, 0.6) is 11.5 Å². The number of aryl methyl sites for hydroxylation is 2. The molecule has 1 heterocycles. The number of ether oxygens (including phenoxy) is 3. The second-order valence-corrected chi connectivity index (χ2v) is 9.70. The topological polar surface area (TPSA) is 48.0 Å². The minimum Gasteiger partial charge on any atom is -0.497 e. The third kappa shape index (κ3) is 9.21. The van der Waals surface area contributed by atoms with E-state index in [-0.39, 0.29) is 12.1 Å². The molecule has 2 atom stereocenters. The number of rotatable bonds is 15. The molecule has 0 aromatic heterocycles. The Hall–Kier alpha value is -2.53. The van der Waals surface area contributed by atoms with Crippen LogP contribution in [0.25, 0.3) is 0 Å². The van der Waals surface area contributed by atoms with Crippen molar-refractivity contribution in [2.24, 2.45) is 0 Å². The first-order valence-corrected chi connectivity index (χ1v) is 13.3. The van der Waals surface area contributed by atoms with Crippen LogP contribution in [0, 0.1) is 0 Å². The van der Waals surface area contributed by atoms with Crippen LogP contribution in [0.1, 0.15) is 69.4 Å². The number of hydrogen-bond acceptors (Lipinski definition) is 5. The van der Waals surface area contributed by atoms with E-state index in [2.05, 4.69) is 49.2 Å². The molecule has 2 aromatic rings. The Labute approximate surface area is 211 Å². The number of unbranched alkanes of at least 4 members (excludes halogenated alkanes) is 4. The molecule has 0 N–H and O–H groups in total. The summed E-state index contributed by atoms with van der Waals surface area (Å²) in [5.74, 6) is 1.81. The van der Waals surface area contributed by atoms with Gasteiger partial charge in [0.25, 0.3) is 0 Å². The van der Waals surface area contributed by atoms with E-state index in [4.69, 9.17) is 14.2 Å². The zero-order valence-corrected chi connectivity index (χ0v) is 21.8. The Morgan fingerprint density at radius 2 is 1.86 bits per heavy atom. The first kappa shape index (κ1) is 27.1. The molecule has 35 heavy (non-hydrogen) atoms. The quantitative estimate of drug-likeness (QED) is 0.223. The number of para-hydroxylation sites is 1. The molecule has 5 heteroatoms. The third-order valence-corrected chi connectivity index (χ3v) is 6.93. The third-order valence-electron chi connectivity index (χ3n) is 6.93. The molecular formula is C30H43NO4. The molecule has 0 spiro atoms. The van der Waals surface area contributed by atoms with E-state index in [9.17, 15) is 4.79 Å². The van der Waals surface area contributed by atoms with Gasteiger partial charge in [-0.15, -0.1) is 0 Å². The van der Waals surface area contributed by atoms with Crippen molar-refractivity contribution in [3.63, 3.8) is 0 Å². The SMILES string of the molecule is CCCCCCCC(=O)O[C@@H]1C[C@@H](CCOc2ccccc2CCc2cccc(OC)c2)N(C)C1. The van der Waals surface area contributed by atoms with Gasteiger partial charge in [0.05, 0.1) is 13.7 Å². The minimum absolute atomic E-state index is 0.00305. The number of carbonyl (C=O) groups is 1. The second-order valence-electron chi connectivity index (χ2n) is 9.70. The number of nitrogens with zero attached hydrogens (tertiary/aromatic N) is 1. The Bertz CT molecular complexity index is 899. The summed E-state index contributed by atoms with van der Waals surface area (Å²) < 4.78 is 17.3. The molecule has 5 nitrogen and oxygen atoms in total. The number of carbonyl (C=O) groups excluding carboxylic acids is 1. The van der Waals surface area contributed by atoms with Crippen molar-refractivity contribution < 1.29 is 19.0 Å². The molecule has 0 unspecified atom stereocenters. The Balaban J connectivity index is 1.40. The zero-order valence-electron chi connectivity index (χ0n) is 21.8. The van der Waals surface area contributed by atoms with Crippen LogP contribution in [0.15, 0.2) is 48.5 Å². The van der Waals surface area contributed by atoms with Gasteiger partial charge in [0, 0.05) is 25.4 Å². The molecule has 1 aliphatic rings. The molecule has 0 aliphatic carbocycles. The molecule has 3 rings (SSSR count). The van der Waals surface area contributed by atoms with Crippen LogP contribution >= 0.6 is 0 Å². The van der Waals surface area contributed by atoms with Crippen molar-refractivity contribution >= 4 is 5.97 Å². The van der Waals surface area contributed by atoms with Crippen LogP contribution in [0.2, 0.25) is 0 Å². The fraction of sp³-hybridized carbons (Fsp3) is 0.567. The van der Waals surface area contributed by atoms with Gasteiger partial charge in [0.15, 0.2) is 0 Å². The lowest BCUT2D eigenvalue weighted by molar-refractivity contribution is -0.148. The van der Waals surface area contributed by atoms with Gasteiger partial charge in [-0.05, 0) is 62.1 Å². The predicted molar refractivity (Wildman–Crippen MR) is 141 cm³/mol. The number of likely N-dealkylation sites (N-methyl/N-ethyl adjacent to an activating group) is 1. The van der Waals surface area contributed by atoms with Crippen molar-refractivity contribution in [3.8, 4) is 11.5 Å². The summed E-state index contributed by atoms with van der Waals surface area (Å²) in [6.45, 7) is 3.67. The van der Waals surface area contributed by atoms with Crippen LogP contribution < -0.4 is 9.47 Å². The summed E-state index contributed by atoms with van der Waals surface area (Å²) in [5.41, 5.74) is 2.48. The maximum Gasteiger partial charge on any atom is 0.306 e. The van der Waals surface area contributed by atoms with Crippen LogP contribution in [0.4, 0.5) is 0 Å². The Kier molecular flexibility index (Phi) is 11.4. The maximum atomic E-state index is 12.2. The van der Waals surface area contributed by atoms with E-state index in [1.165, 1.54) is 30.4 Å². The molecule has 0 radical (unpaired) electrons. The highest BCUT2D eigenvalue weighted by atomic mass is 16.5. The average Bonchev–Trinajstić information content (AvgIpc) is 3.21. The van der Waals surface area contributed by atoms with Gasteiger partial charge in [0.1, 0.15) is 17.6 Å². The summed E-state index contributed by atoms with van der Waals surface area (Å²) >= 11 is 0. The normalized spacial score (nSPS) is 17.9. The molecule has 0 amide bonds. The molecule has 0 saturated carbocycles. The number of benzene rings is 2. The second kappa shape index (κ2) is 14.8. The van der Waals surface area contributed by atoms with E-state index in [0.29, 0.717) is 19.1 Å². The van der Waals surface area contributed by atoms with Gasteiger partial charge >= 0.3 is 5.97 Å². The van der Waals surface area contributed by atoms with E-state index in [1.807, 2.05) is 18.2 Å². The van der Waals surface area contributed by atoms with Crippen molar-refractivity contribution in [2.75, 3.05) is 27.3 Å². The first-order valence-electron chi connectivity index (χ1n) is 13.3. The molecule has 1 saturated heterocycles. The molecule has 1 aliphatic heterocycles. The highest BCUT2D eigenvalue weighted by Crippen LogP contribution is 2.25. The van der Waals surface area contributed by atoms with Gasteiger partial charge in [-0.25, -0.2) is 0 Å². The zero-order chi connectivity index (χ0) is 24.9. The largest absolute Gasteiger partial charge is 0.497 e. The monoisotopic (exact) mass is 481 g/mol. The van der Waals surface area contributed by atoms with Crippen LogP contribution in [0.3, 0.4) is 0 Å². The molecular weight excluding hydrogens is 438 g/mol. The lowest BCUT2D eigenvalue weighted by Crippen LogP contribution is -2.27. The van der Waals surface area contributed by atoms with Crippen molar-refractivity contribution in [1.29, 1.82) is 0 Å². The van der Waals surface area contributed by atoms with Crippen molar-refractivity contribution in [1.82, 2.24) is 4.90 Å². The Morgan fingerprint density at radius 3 is 2.69 bits per heavy atom. The van der Waals surface area contributed by atoms with Gasteiger partial charge in [-0.2, -0.15) is 0 Å². The van der Waals surface area contributed by atoms with Crippen LogP contribution in [-0.4, -0.2) is 50.3 Å². The fourth-order valence-corrected chi connectivity index (χ4v) is 4.83. The summed E-state index contributed by atoms with van der Waals surface area (Å²) in [4.78, 5) is 14.5. The van der Waals surface area contributed by atoms with Crippen LogP contribution in [-0.2, 0) is 22.4 Å². The summed E-state index contributed by atoms with van der Waals surface area (Å²) in [6.07, 6.45) is 9.96. The highest BCUT2D eigenvalue weighted by Gasteiger charge is 2.31. The van der Waals surface area contributed by atoms with E-state index < -0.39 is 0 Å². The van der Waals surface area contributed by atoms with Crippen molar-refractivity contribution in [3.05, 3.63) is 59.7 Å². The summed E-state index contributed by atoms with van der Waals surface area (Å²) in [7, 11) is 3.82. The first-order chi connectivity index (χ1) is 17.1. The van der Waals surface area contributed by atoms with Gasteiger partial charge in [0.2, 0.25) is 0 Å². The maximum absolute atomic E-state index is 12.2. The molecule has 2 aromatic carbocycles. The lowest BCUT2D eigenvalue weighted by atomic mass is 10.0. The number of methoxy groups -OCH3 is 1. The average molecular weight is 482 g/mol. The van der Waals surface area contributed by atoms with Gasteiger partial charge in [-0.3, -0.25) is 9.69 Å². The minimum atomic E-state index is -0.0400. The van der Waals surface area contributed by atoms with Gasteiger partial charge in [-0.1, -0.05) is 62.9 Å². The fourth-order valence-electron chi connectivity index (χ4n) is 4.83. The predicted octanol–water partition coefficient (Wildman–Crippen LogP) is 6.23.